The van der Waals surface area contributed by atoms with Crippen LogP contribution in [0.2, 0.25) is 0 Å². The van der Waals surface area contributed by atoms with Crippen molar-refractivity contribution in [1.29, 1.82) is 0 Å². The Labute approximate surface area is 198 Å². The molecule has 2 amide bonds. The summed E-state index contributed by atoms with van der Waals surface area (Å²) >= 11 is 0. The molecule has 34 heavy (non-hydrogen) atoms. The van der Waals surface area contributed by atoms with Gasteiger partial charge in [-0.3, -0.25) is 14.0 Å². The molecular weight excluding hydrogens is 426 g/mol. The predicted molar refractivity (Wildman–Crippen MR) is 129 cm³/mol. The van der Waals surface area contributed by atoms with Gasteiger partial charge >= 0.3 is 0 Å². The second-order valence-electron chi connectivity index (χ2n) is 9.27. The Morgan fingerprint density at radius 2 is 1.62 bits per heavy atom. The molecule has 4 heterocycles. The number of carbonyl (C=O) groups excluding carboxylic acids is 2. The molecule has 172 valence electrons. The van der Waals surface area contributed by atoms with Crippen LogP contribution >= 0.6 is 0 Å². The number of carbonyl (C=O) groups is 2. The minimum absolute atomic E-state index is 0.0414. The largest absolute Gasteiger partial charge is 0.339 e. The molecule has 2 saturated heterocycles. The summed E-state index contributed by atoms with van der Waals surface area (Å²) < 4.78 is 1.99. The highest BCUT2D eigenvalue weighted by Gasteiger charge is 2.38. The van der Waals surface area contributed by atoms with Gasteiger partial charge in [0.15, 0.2) is 11.5 Å². The van der Waals surface area contributed by atoms with Crippen molar-refractivity contribution in [3.8, 4) is 0 Å². The minimum atomic E-state index is -0.0589. The van der Waals surface area contributed by atoms with Crippen molar-refractivity contribution >= 4 is 28.2 Å². The summed E-state index contributed by atoms with van der Waals surface area (Å²) in [5.74, 6) is 1.02. The molecule has 4 aromatic rings. The van der Waals surface area contributed by atoms with Gasteiger partial charge in [-0.05, 0) is 54.7 Å². The fourth-order valence-corrected chi connectivity index (χ4v) is 5.53. The lowest BCUT2D eigenvalue weighted by molar-refractivity contribution is -0.138. The van der Waals surface area contributed by atoms with Crippen molar-refractivity contribution in [1.82, 2.24) is 24.4 Å². The molecule has 1 atom stereocenters. The van der Waals surface area contributed by atoms with E-state index in [1.54, 1.807) is 0 Å². The quantitative estimate of drug-likeness (QED) is 0.468. The summed E-state index contributed by atoms with van der Waals surface area (Å²) in [5, 5.41) is 10.7. The number of likely N-dealkylation sites (tertiary alicyclic amines) is 2. The Kier molecular flexibility index (Phi) is 5.24. The fraction of sp³-hybridized carbons (Fsp3) is 0.333. The van der Waals surface area contributed by atoms with Crippen LogP contribution in [-0.4, -0.2) is 55.8 Å². The standard InChI is InChI=1S/C27H27N5O2/c33-26(31-16-6-11-23(31)25-29-28-24-12-3-4-15-32(24)25)20-13-17-30(18-14-20)27(34)22-10-5-8-19-7-1-2-9-21(19)22/h1-5,7-10,12,15,20,23H,6,11,13-14,16-18H2/t23-/m0/s1. The maximum absolute atomic E-state index is 13.5. The van der Waals surface area contributed by atoms with Gasteiger partial charge in [-0.25, -0.2) is 0 Å². The van der Waals surface area contributed by atoms with Gasteiger partial charge in [-0.15, -0.1) is 10.2 Å². The number of aromatic nitrogens is 3. The van der Waals surface area contributed by atoms with E-state index >= 15 is 0 Å². The normalized spacial score (nSPS) is 19.2. The van der Waals surface area contributed by atoms with Gasteiger partial charge in [0, 0.05) is 37.3 Å². The van der Waals surface area contributed by atoms with Crippen molar-refractivity contribution in [2.24, 2.45) is 5.92 Å². The summed E-state index contributed by atoms with van der Waals surface area (Å²) in [5.41, 5.74) is 1.54. The number of benzene rings is 2. The summed E-state index contributed by atoms with van der Waals surface area (Å²) in [6.07, 6.45) is 5.22. The third-order valence-corrected chi connectivity index (χ3v) is 7.33. The van der Waals surface area contributed by atoms with Gasteiger partial charge in [-0.2, -0.15) is 0 Å². The molecule has 7 heteroatoms. The topological polar surface area (TPSA) is 70.8 Å². The first-order chi connectivity index (χ1) is 16.7. The van der Waals surface area contributed by atoms with Crippen molar-refractivity contribution in [3.63, 3.8) is 0 Å². The van der Waals surface area contributed by atoms with E-state index in [1.165, 1.54) is 0 Å². The Hall–Kier alpha value is -3.74. The first-order valence-electron chi connectivity index (χ1n) is 12.1. The summed E-state index contributed by atoms with van der Waals surface area (Å²) in [7, 11) is 0. The second-order valence-corrected chi connectivity index (χ2v) is 9.27. The lowest BCUT2D eigenvalue weighted by atomic mass is 9.94. The van der Waals surface area contributed by atoms with Crippen molar-refractivity contribution in [2.45, 2.75) is 31.7 Å². The lowest BCUT2D eigenvalue weighted by Gasteiger charge is -2.34. The van der Waals surface area contributed by atoms with E-state index in [9.17, 15) is 9.59 Å². The molecule has 7 nitrogen and oxygen atoms in total. The van der Waals surface area contributed by atoms with Crippen molar-refractivity contribution in [3.05, 3.63) is 78.2 Å². The van der Waals surface area contributed by atoms with Crippen LogP contribution in [0.25, 0.3) is 16.4 Å². The minimum Gasteiger partial charge on any atom is -0.339 e. The van der Waals surface area contributed by atoms with E-state index in [2.05, 4.69) is 10.2 Å². The number of piperidine rings is 1. The van der Waals surface area contributed by atoms with Crippen molar-refractivity contribution in [2.75, 3.05) is 19.6 Å². The zero-order valence-electron chi connectivity index (χ0n) is 19.0. The highest BCUT2D eigenvalue weighted by atomic mass is 16.2. The predicted octanol–water partition coefficient (Wildman–Crippen LogP) is 4.10. The Bertz CT molecular complexity index is 1370. The summed E-state index contributed by atoms with van der Waals surface area (Å²) in [6.45, 7) is 1.95. The molecule has 2 fully saturated rings. The number of rotatable bonds is 3. The Morgan fingerprint density at radius 3 is 2.50 bits per heavy atom. The molecule has 6 rings (SSSR count). The van der Waals surface area contributed by atoms with E-state index in [4.69, 9.17) is 0 Å². The molecule has 2 aromatic heterocycles. The summed E-state index contributed by atoms with van der Waals surface area (Å²) in [6, 6.07) is 19.7. The number of pyridine rings is 1. The zero-order valence-corrected chi connectivity index (χ0v) is 19.0. The Balaban J connectivity index is 1.15. The molecule has 0 radical (unpaired) electrons. The van der Waals surface area contributed by atoms with Gasteiger partial charge < -0.3 is 9.80 Å². The van der Waals surface area contributed by atoms with Crippen LogP contribution < -0.4 is 0 Å². The molecule has 2 aromatic carbocycles. The van der Waals surface area contributed by atoms with Crippen molar-refractivity contribution < 1.29 is 9.59 Å². The van der Waals surface area contributed by atoms with E-state index in [-0.39, 0.29) is 23.8 Å². The van der Waals surface area contributed by atoms with Crippen LogP contribution in [0.1, 0.15) is 47.9 Å². The third kappa shape index (κ3) is 3.52. The summed E-state index contributed by atoms with van der Waals surface area (Å²) in [4.78, 5) is 30.7. The first kappa shape index (κ1) is 20.8. The average Bonchev–Trinajstić information content (AvgIpc) is 3.55. The number of amides is 2. The van der Waals surface area contributed by atoms with Crippen LogP contribution in [0, 0.1) is 5.92 Å². The van der Waals surface area contributed by atoms with Crippen LogP contribution in [-0.2, 0) is 4.79 Å². The van der Waals surface area contributed by atoms with Crippen LogP contribution in [0.15, 0.2) is 66.9 Å². The van der Waals surface area contributed by atoms with Crippen LogP contribution in [0.4, 0.5) is 0 Å². The number of hydrogen-bond acceptors (Lipinski definition) is 4. The van der Waals surface area contributed by atoms with Crippen LogP contribution in [0.3, 0.4) is 0 Å². The molecule has 0 spiro atoms. The van der Waals surface area contributed by atoms with E-state index in [1.807, 2.05) is 81.1 Å². The van der Waals surface area contributed by atoms with Gasteiger partial charge in [0.05, 0.1) is 6.04 Å². The number of nitrogens with zero attached hydrogens (tertiary/aromatic N) is 5. The molecule has 2 aliphatic rings. The van der Waals surface area contributed by atoms with Gasteiger partial charge in [0.2, 0.25) is 5.91 Å². The monoisotopic (exact) mass is 453 g/mol. The number of fused-ring (bicyclic) bond motifs is 2. The van der Waals surface area contributed by atoms with E-state index in [0.29, 0.717) is 25.9 Å². The first-order valence-corrected chi connectivity index (χ1v) is 12.1. The molecule has 0 bridgehead atoms. The zero-order chi connectivity index (χ0) is 23.1. The molecular formula is C27H27N5O2. The smallest absolute Gasteiger partial charge is 0.254 e. The molecule has 0 aliphatic carbocycles. The van der Waals surface area contributed by atoms with Gasteiger partial charge in [0.25, 0.3) is 5.91 Å². The molecule has 2 aliphatic heterocycles. The van der Waals surface area contributed by atoms with Gasteiger partial charge in [0.1, 0.15) is 0 Å². The third-order valence-electron chi connectivity index (χ3n) is 7.33. The molecule has 0 unspecified atom stereocenters. The van der Waals surface area contributed by atoms with Gasteiger partial charge in [-0.1, -0.05) is 42.5 Å². The Morgan fingerprint density at radius 1 is 0.824 bits per heavy atom. The maximum atomic E-state index is 13.5. The maximum Gasteiger partial charge on any atom is 0.254 e. The fourth-order valence-electron chi connectivity index (χ4n) is 5.53. The van der Waals surface area contributed by atoms with E-state index in [0.717, 1.165) is 47.2 Å². The van der Waals surface area contributed by atoms with Crippen LogP contribution in [0.5, 0.6) is 0 Å². The molecule has 0 N–H and O–H groups in total. The average molecular weight is 454 g/mol. The number of hydrogen-bond donors (Lipinski definition) is 0. The van der Waals surface area contributed by atoms with E-state index < -0.39 is 0 Å². The highest BCUT2D eigenvalue weighted by molar-refractivity contribution is 6.07. The lowest BCUT2D eigenvalue weighted by Crippen LogP contribution is -2.44. The highest BCUT2D eigenvalue weighted by Crippen LogP contribution is 2.34. The second kappa shape index (κ2) is 8.56. The SMILES string of the molecule is O=C(c1cccc2ccccc12)N1CCC(C(=O)N2CCC[C@H]2c2nnc3ccccn23)CC1. The molecule has 0 saturated carbocycles.